The van der Waals surface area contributed by atoms with Crippen LogP contribution < -0.4 is 15.5 Å². The van der Waals surface area contributed by atoms with Gasteiger partial charge in [-0.15, -0.1) is 0 Å². The average molecular weight is 388 g/mol. The quantitative estimate of drug-likeness (QED) is 0.624. The van der Waals surface area contributed by atoms with Crippen molar-refractivity contribution >= 4 is 29.3 Å². The van der Waals surface area contributed by atoms with Crippen LogP contribution in [0.15, 0.2) is 17.4 Å². The Labute approximate surface area is 163 Å². The molecule has 0 atom stereocenters. The number of aromatic nitrogens is 4. The predicted octanol–water partition coefficient (Wildman–Crippen LogP) is 1.71. The summed E-state index contributed by atoms with van der Waals surface area (Å²) >= 11 is 1.50. The summed E-state index contributed by atoms with van der Waals surface area (Å²) in [5.74, 6) is 2.12. The first kappa shape index (κ1) is 18.2. The number of hydrogen-bond donors (Lipinski definition) is 1. The van der Waals surface area contributed by atoms with Gasteiger partial charge in [0.1, 0.15) is 17.2 Å². The number of nitrogens with zero attached hydrogens (tertiary/aromatic N) is 6. The number of piperidine rings is 1. The highest BCUT2D eigenvalue weighted by atomic mass is 32.2. The normalized spacial score (nSPS) is 18.4. The molecule has 2 N–H and O–H groups in total. The summed E-state index contributed by atoms with van der Waals surface area (Å²) in [6.45, 7) is 2.39. The first-order chi connectivity index (χ1) is 13.0. The molecule has 0 aliphatic carbocycles. The minimum atomic E-state index is -0.335. The first-order valence-corrected chi connectivity index (χ1v) is 10.3. The lowest BCUT2D eigenvalue weighted by molar-refractivity contribution is -0.0801. The van der Waals surface area contributed by atoms with Crippen LogP contribution in [0.2, 0.25) is 0 Å². The van der Waals surface area contributed by atoms with Crippen molar-refractivity contribution < 1.29 is 4.74 Å². The van der Waals surface area contributed by atoms with E-state index in [1.165, 1.54) is 17.3 Å². The van der Waals surface area contributed by atoms with Gasteiger partial charge in [0.25, 0.3) is 0 Å². The number of hydrogen-bond acceptors (Lipinski definition) is 9. The third kappa shape index (κ3) is 3.41. The number of thioether (sulfide) groups is 1. The summed E-state index contributed by atoms with van der Waals surface area (Å²) in [6.07, 6.45) is 6.52. The maximum absolute atomic E-state index is 6.32. The second-order valence-corrected chi connectivity index (χ2v) is 7.93. The fraction of sp³-hybridized carbons (Fsp3) is 0.556. The zero-order chi connectivity index (χ0) is 19.0. The van der Waals surface area contributed by atoms with E-state index in [1.54, 1.807) is 0 Å². The summed E-state index contributed by atoms with van der Waals surface area (Å²) in [5.41, 5.74) is 7.87. The number of nitrogens with two attached hydrogens (primary N) is 1. The van der Waals surface area contributed by atoms with Gasteiger partial charge in [-0.2, -0.15) is 0 Å². The first-order valence-electron chi connectivity index (χ1n) is 9.12. The van der Waals surface area contributed by atoms with Crippen LogP contribution in [0.1, 0.15) is 24.1 Å². The topological polar surface area (TPSA) is 93.3 Å². The molecule has 4 rings (SSSR count). The maximum atomic E-state index is 6.32. The standard InChI is InChI=1S/C18H25N7OS/c1-24(2)16-20-11-12-4-9-26-18(15(12)23-16)5-7-25(8-6-18)14-10-13(19)21-17(22-14)27-3/h10-11H,4-9H2,1-3H3,(H2,19,21,22). The van der Waals surface area contributed by atoms with Crippen LogP contribution >= 0.6 is 11.8 Å². The summed E-state index contributed by atoms with van der Waals surface area (Å²) in [4.78, 5) is 22.4. The molecule has 0 saturated carbocycles. The van der Waals surface area contributed by atoms with Crippen molar-refractivity contribution in [1.29, 1.82) is 0 Å². The Balaban J connectivity index is 1.59. The number of ether oxygens (including phenoxy) is 1. The predicted molar refractivity (Wildman–Crippen MR) is 107 cm³/mol. The molecule has 9 heteroatoms. The van der Waals surface area contributed by atoms with E-state index in [-0.39, 0.29) is 5.60 Å². The van der Waals surface area contributed by atoms with E-state index in [0.717, 1.165) is 56.4 Å². The van der Waals surface area contributed by atoms with E-state index in [1.807, 2.05) is 37.5 Å². The van der Waals surface area contributed by atoms with Crippen LogP contribution in [-0.4, -0.2) is 60.0 Å². The summed E-state index contributed by atoms with van der Waals surface area (Å²) in [7, 11) is 3.92. The number of rotatable bonds is 3. The molecule has 0 radical (unpaired) electrons. The van der Waals surface area contributed by atoms with E-state index < -0.39 is 0 Å². The Bertz CT molecular complexity index is 836. The van der Waals surface area contributed by atoms with Crippen molar-refractivity contribution in [3.05, 3.63) is 23.5 Å². The fourth-order valence-corrected chi connectivity index (χ4v) is 4.16. The third-order valence-corrected chi connectivity index (χ3v) is 5.77. The van der Waals surface area contributed by atoms with E-state index in [9.17, 15) is 0 Å². The molecule has 0 amide bonds. The Hall–Kier alpha value is -2.13. The number of fused-ring (bicyclic) bond motifs is 2. The number of nitrogen functional groups attached to an aromatic ring is 1. The zero-order valence-electron chi connectivity index (χ0n) is 16.0. The average Bonchev–Trinajstić information content (AvgIpc) is 2.68. The van der Waals surface area contributed by atoms with Gasteiger partial charge in [-0.1, -0.05) is 11.8 Å². The third-order valence-electron chi connectivity index (χ3n) is 5.22. The lowest BCUT2D eigenvalue weighted by Crippen LogP contribution is -2.47. The van der Waals surface area contributed by atoms with Crippen LogP contribution in [0.3, 0.4) is 0 Å². The van der Waals surface area contributed by atoms with Crippen molar-refractivity contribution in [3.63, 3.8) is 0 Å². The number of anilines is 3. The van der Waals surface area contributed by atoms with E-state index in [4.69, 9.17) is 15.5 Å². The van der Waals surface area contributed by atoms with E-state index in [0.29, 0.717) is 11.0 Å². The van der Waals surface area contributed by atoms with E-state index in [2.05, 4.69) is 19.9 Å². The SMILES string of the molecule is CSc1nc(N)cc(N2CCC3(CC2)OCCc2cnc(N(C)C)nc23)n1. The monoisotopic (exact) mass is 387 g/mol. The molecular formula is C18H25N7OS. The lowest BCUT2D eigenvalue weighted by atomic mass is 9.83. The van der Waals surface area contributed by atoms with Crippen LogP contribution in [0.5, 0.6) is 0 Å². The molecule has 1 saturated heterocycles. The zero-order valence-corrected chi connectivity index (χ0v) is 16.8. The highest BCUT2D eigenvalue weighted by molar-refractivity contribution is 7.98. The van der Waals surface area contributed by atoms with Crippen LogP contribution in [0, 0.1) is 0 Å². The molecule has 2 aromatic rings. The molecule has 2 aliphatic rings. The van der Waals surface area contributed by atoms with Crippen molar-refractivity contribution in [2.24, 2.45) is 0 Å². The van der Waals surface area contributed by atoms with Crippen molar-refractivity contribution in [3.8, 4) is 0 Å². The van der Waals surface area contributed by atoms with Crippen molar-refractivity contribution in [2.75, 3.05) is 55.6 Å². The molecule has 8 nitrogen and oxygen atoms in total. The summed E-state index contributed by atoms with van der Waals surface area (Å²) < 4.78 is 6.32. The summed E-state index contributed by atoms with van der Waals surface area (Å²) in [5, 5.41) is 0.702. The minimum absolute atomic E-state index is 0.335. The van der Waals surface area contributed by atoms with Crippen LogP contribution in [0.25, 0.3) is 0 Å². The second-order valence-electron chi connectivity index (χ2n) is 7.16. The largest absolute Gasteiger partial charge is 0.383 e. The van der Waals surface area contributed by atoms with Gasteiger partial charge >= 0.3 is 0 Å². The van der Waals surface area contributed by atoms with E-state index >= 15 is 0 Å². The second kappa shape index (κ2) is 7.12. The molecular weight excluding hydrogens is 362 g/mol. The molecule has 0 aromatic carbocycles. The molecule has 4 heterocycles. The maximum Gasteiger partial charge on any atom is 0.225 e. The molecule has 0 unspecified atom stereocenters. The van der Waals surface area contributed by atoms with Gasteiger partial charge in [-0.05, 0) is 31.1 Å². The fourth-order valence-electron chi connectivity index (χ4n) is 3.78. The molecule has 2 aliphatic heterocycles. The van der Waals surface area contributed by atoms with Gasteiger partial charge in [0, 0.05) is 39.4 Å². The molecule has 144 valence electrons. The van der Waals surface area contributed by atoms with Crippen molar-refractivity contribution in [2.45, 2.75) is 30.0 Å². The van der Waals surface area contributed by atoms with Crippen molar-refractivity contribution in [1.82, 2.24) is 19.9 Å². The lowest BCUT2D eigenvalue weighted by Gasteiger charge is -2.44. The molecule has 2 aromatic heterocycles. The summed E-state index contributed by atoms with van der Waals surface area (Å²) in [6, 6.07) is 1.85. The molecule has 1 spiro atoms. The smallest absolute Gasteiger partial charge is 0.225 e. The highest BCUT2D eigenvalue weighted by Gasteiger charge is 2.43. The van der Waals surface area contributed by atoms with Gasteiger partial charge in [-0.25, -0.2) is 19.9 Å². The van der Waals surface area contributed by atoms with Gasteiger partial charge in [0.2, 0.25) is 5.95 Å². The Morgan fingerprint density at radius 1 is 1.22 bits per heavy atom. The minimum Gasteiger partial charge on any atom is -0.383 e. The van der Waals surface area contributed by atoms with Gasteiger partial charge in [0.05, 0.1) is 12.3 Å². The van der Waals surface area contributed by atoms with Gasteiger partial charge in [0.15, 0.2) is 5.16 Å². The van der Waals surface area contributed by atoms with Crippen LogP contribution in [-0.2, 0) is 16.8 Å². The molecule has 1 fully saturated rings. The van der Waals surface area contributed by atoms with Crippen LogP contribution in [0.4, 0.5) is 17.6 Å². The Morgan fingerprint density at radius 2 is 2.00 bits per heavy atom. The van der Waals surface area contributed by atoms with Gasteiger partial charge in [-0.3, -0.25) is 0 Å². The molecule has 0 bridgehead atoms. The Kier molecular flexibility index (Phi) is 4.81. The molecule has 27 heavy (non-hydrogen) atoms. The Morgan fingerprint density at radius 3 is 2.70 bits per heavy atom. The van der Waals surface area contributed by atoms with Gasteiger partial charge < -0.3 is 20.3 Å². The highest BCUT2D eigenvalue weighted by Crippen LogP contribution is 2.41.